The SMILES string of the molecule is Cn1cc(/C=C\O)c2ccccc21. The third-order valence-corrected chi connectivity index (χ3v) is 2.18. The van der Waals surface area contributed by atoms with Crippen molar-refractivity contribution in [2.24, 2.45) is 7.05 Å². The molecule has 0 saturated heterocycles. The summed E-state index contributed by atoms with van der Waals surface area (Å²) in [5, 5.41) is 9.86. The minimum atomic E-state index is 1.04. The quantitative estimate of drug-likeness (QED) is 0.659. The number of benzene rings is 1. The van der Waals surface area contributed by atoms with Crippen LogP contribution in [0, 0.1) is 0 Å². The van der Waals surface area contributed by atoms with Crippen molar-refractivity contribution in [2.75, 3.05) is 0 Å². The molecule has 0 aliphatic rings. The molecule has 2 nitrogen and oxygen atoms in total. The van der Waals surface area contributed by atoms with Crippen LogP contribution in [0.2, 0.25) is 0 Å². The van der Waals surface area contributed by atoms with Crippen molar-refractivity contribution in [2.45, 2.75) is 0 Å². The van der Waals surface area contributed by atoms with Gasteiger partial charge in [-0.05, 0) is 12.1 Å². The predicted octanol–water partition coefficient (Wildman–Crippen LogP) is 2.71. The maximum atomic E-state index is 8.70. The number of aliphatic hydroxyl groups excluding tert-OH is 1. The molecule has 1 heterocycles. The van der Waals surface area contributed by atoms with Crippen molar-refractivity contribution in [3.63, 3.8) is 0 Å². The molecule has 1 aromatic heterocycles. The van der Waals surface area contributed by atoms with Gasteiger partial charge in [-0.1, -0.05) is 18.2 Å². The van der Waals surface area contributed by atoms with Crippen LogP contribution in [0.1, 0.15) is 5.56 Å². The van der Waals surface area contributed by atoms with E-state index >= 15 is 0 Å². The van der Waals surface area contributed by atoms with E-state index in [0.717, 1.165) is 17.2 Å². The van der Waals surface area contributed by atoms with Gasteiger partial charge in [0.15, 0.2) is 0 Å². The van der Waals surface area contributed by atoms with Crippen LogP contribution in [0.25, 0.3) is 17.0 Å². The first kappa shape index (κ1) is 7.92. The van der Waals surface area contributed by atoms with E-state index in [1.165, 1.54) is 5.52 Å². The third kappa shape index (κ3) is 1.20. The molecule has 0 fully saturated rings. The van der Waals surface area contributed by atoms with E-state index in [1.54, 1.807) is 6.08 Å². The number of fused-ring (bicyclic) bond motifs is 1. The molecule has 0 saturated carbocycles. The number of aromatic nitrogens is 1. The van der Waals surface area contributed by atoms with E-state index in [0.29, 0.717) is 0 Å². The van der Waals surface area contributed by atoms with Crippen molar-refractivity contribution >= 4 is 17.0 Å². The van der Waals surface area contributed by atoms with Crippen LogP contribution in [-0.4, -0.2) is 9.67 Å². The molecular weight excluding hydrogens is 162 g/mol. The zero-order chi connectivity index (χ0) is 9.26. The molecule has 13 heavy (non-hydrogen) atoms. The molecule has 66 valence electrons. The summed E-state index contributed by atoms with van der Waals surface area (Å²) in [4.78, 5) is 0. The van der Waals surface area contributed by atoms with Crippen molar-refractivity contribution in [1.29, 1.82) is 0 Å². The van der Waals surface area contributed by atoms with E-state index in [-0.39, 0.29) is 0 Å². The maximum absolute atomic E-state index is 8.70. The number of hydrogen-bond acceptors (Lipinski definition) is 1. The molecular formula is C11H11NO. The number of rotatable bonds is 1. The fourth-order valence-electron chi connectivity index (χ4n) is 1.59. The largest absolute Gasteiger partial charge is 0.516 e. The average Bonchev–Trinajstić information content (AvgIpc) is 2.46. The summed E-state index contributed by atoms with van der Waals surface area (Å²) < 4.78 is 2.05. The molecule has 2 rings (SSSR count). The molecule has 0 aliphatic carbocycles. The Bertz CT molecular complexity index is 454. The molecule has 0 amide bonds. The molecule has 0 spiro atoms. The monoisotopic (exact) mass is 173 g/mol. The highest BCUT2D eigenvalue weighted by atomic mass is 16.2. The van der Waals surface area contributed by atoms with Gasteiger partial charge in [-0.25, -0.2) is 0 Å². The van der Waals surface area contributed by atoms with Gasteiger partial charge in [0, 0.05) is 29.7 Å². The van der Waals surface area contributed by atoms with Gasteiger partial charge >= 0.3 is 0 Å². The first-order valence-electron chi connectivity index (χ1n) is 4.18. The van der Waals surface area contributed by atoms with Crippen LogP contribution < -0.4 is 0 Å². The van der Waals surface area contributed by atoms with E-state index in [1.807, 2.05) is 36.0 Å². The molecule has 0 radical (unpaired) electrons. The average molecular weight is 173 g/mol. The summed E-state index contributed by atoms with van der Waals surface area (Å²) >= 11 is 0. The van der Waals surface area contributed by atoms with E-state index in [2.05, 4.69) is 6.07 Å². The molecule has 2 heteroatoms. The molecule has 0 aliphatic heterocycles. The second-order valence-electron chi connectivity index (χ2n) is 3.03. The van der Waals surface area contributed by atoms with Crippen molar-refractivity contribution < 1.29 is 5.11 Å². The van der Waals surface area contributed by atoms with Gasteiger partial charge in [0.05, 0.1) is 6.26 Å². The fourth-order valence-corrected chi connectivity index (χ4v) is 1.59. The smallest absolute Gasteiger partial charge is 0.0798 e. The van der Waals surface area contributed by atoms with E-state index < -0.39 is 0 Å². The minimum Gasteiger partial charge on any atom is -0.516 e. The van der Waals surface area contributed by atoms with Gasteiger partial charge < -0.3 is 9.67 Å². The lowest BCUT2D eigenvalue weighted by Gasteiger charge is -1.92. The first-order chi connectivity index (χ1) is 6.33. The summed E-state index contributed by atoms with van der Waals surface area (Å²) in [6, 6.07) is 8.11. The minimum absolute atomic E-state index is 1.04. The van der Waals surface area contributed by atoms with E-state index in [9.17, 15) is 0 Å². The Labute approximate surface area is 76.7 Å². The van der Waals surface area contributed by atoms with Crippen LogP contribution in [0.3, 0.4) is 0 Å². The zero-order valence-corrected chi connectivity index (χ0v) is 7.44. The van der Waals surface area contributed by atoms with Gasteiger partial charge in [-0.2, -0.15) is 0 Å². The van der Waals surface area contributed by atoms with Gasteiger partial charge in [0.25, 0.3) is 0 Å². The lowest BCUT2D eigenvalue weighted by Crippen LogP contribution is -1.81. The third-order valence-electron chi connectivity index (χ3n) is 2.18. The summed E-state index contributed by atoms with van der Waals surface area (Å²) in [6.07, 6.45) is 4.77. The number of hydrogen-bond donors (Lipinski definition) is 1. The van der Waals surface area contributed by atoms with Crippen LogP contribution in [0.4, 0.5) is 0 Å². The topological polar surface area (TPSA) is 25.2 Å². The Hall–Kier alpha value is -1.70. The maximum Gasteiger partial charge on any atom is 0.0798 e. The lowest BCUT2D eigenvalue weighted by atomic mass is 10.2. The number of aryl methyl sites for hydroxylation is 1. The Morgan fingerprint density at radius 3 is 2.85 bits per heavy atom. The molecule has 0 atom stereocenters. The van der Waals surface area contributed by atoms with Crippen LogP contribution in [0.15, 0.2) is 36.7 Å². The Morgan fingerprint density at radius 2 is 2.08 bits per heavy atom. The van der Waals surface area contributed by atoms with Crippen LogP contribution >= 0.6 is 0 Å². The number of para-hydroxylation sites is 1. The van der Waals surface area contributed by atoms with Crippen molar-refractivity contribution in [3.8, 4) is 0 Å². The molecule has 0 bridgehead atoms. The molecule has 2 aromatic rings. The zero-order valence-electron chi connectivity index (χ0n) is 7.44. The van der Waals surface area contributed by atoms with Gasteiger partial charge in [-0.15, -0.1) is 0 Å². The Kier molecular flexibility index (Phi) is 1.81. The Balaban J connectivity index is 2.77. The van der Waals surface area contributed by atoms with Gasteiger partial charge in [-0.3, -0.25) is 0 Å². The van der Waals surface area contributed by atoms with Crippen LogP contribution in [-0.2, 0) is 7.05 Å². The lowest BCUT2D eigenvalue weighted by molar-refractivity contribution is 0.478. The van der Waals surface area contributed by atoms with Crippen molar-refractivity contribution in [3.05, 3.63) is 42.3 Å². The van der Waals surface area contributed by atoms with E-state index in [4.69, 9.17) is 5.11 Å². The normalized spacial score (nSPS) is 11.5. The second kappa shape index (κ2) is 2.98. The summed E-state index contributed by atoms with van der Waals surface area (Å²) in [5.41, 5.74) is 2.22. The van der Waals surface area contributed by atoms with Gasteiger partial charge in [0.1, 0.15) is 0 Å². The predicted molar refractivity (Wildman–Crippen MR) is 54.6 cm³/mol. The highest BCUT2D eigenvalue weighted by Gasteiger charge is 2.01. The molecule has 0 unspecified atom stereocenters. The summed E-state index contributed by atoms with van der Waals surface area (Å²) in [6.45, 7) is 0. The number of nitrogens with zero attached hydrogens (tertiary/aromatic N) is 1. The highest BCUT2D eigenvalue weighted by Crippen LogP contribution is 2.20. The highest BCUT2D eigenvalue weighted by molar-refractivity contribution is 5.89. The molecule has 1 aromatic carbocycles. The van der Waals surface area contributed by atoms with Crippen LogP contribution in [0.5, 0.6) is 0 Å². The first-order valence-corrected chi connectivity index (χ1v) is 4.18. The Morgan fingerprint density at radius 1 is 1.31 bits per heavy atom. The number of aliphatic hydroxyl groups is 1. The summed E-state index contributed by atoms with van der Waals surface area (Å²) in [7, 11) is 2.00. The standard InChI is InChI=1S/C11H11NO/c1-12-8-9(6-7-13)10-4-2-3-5-11(10)12/h2-8,13H,1H3/b7-6-. The van der Waals surface area contributed by atoms with Gasteiger partial charge in [0.2, 0.25) is 0 Å². The summed E-state index contributed by atoms with van der Waals surface area (Å²) in [5.74, 6) is 0. The molecule has 1 N–H and O–H groups in total. The fraction of sp³-hybridized carbons (Fsp3) is 0.0909. The second-order valence-corrected chi connectivity index (χ2v) is 3.03. The van der Waals surface area contributed by atoms with Crippen molar-refractivity contribution in [1.82, 2.24) is 4.57 Å².